The molecule has 0 radical (unpaired) electrons. The van der Waals surface area contributed by atoms with Crippen LogP contribution in [-0.4, -0.2) is 34.8 Å². The smallest absolute Gasteiger partial charge is 0.311 e. The molecule has 174 valence electrons. The maximum absolute atomic E-state index is 13.3. The van der Waals surface area contributed by atoms with Crippen LogP contribution >= 0.6 is 23.2 Å². The summed E-state index contributed by atoms with van der Waals surface area (Å²) in [6, 6.07) is 11.0. The third-order valence-electron chi connectivity index (χ3n) is 6.45. The highest BCUT2D eigenvalue weighted by atomic mass is 35.5. The predicted molar refractivity (Wildman–Crippen MR) is 129 cm³/mol. The normalized spacial score (nSPS) is 16.0. The van der Waals surface area contributed by atoms with Crippen LogP contribution < -0.4 is 5.32 Å². The van der Waals surface area contributed by atoms with Crippen molar-refractivity contribution >= 4 is 46.0 Å². The SMILES string of the molecule is Cc1cc2c(cc(C(=O)NC3(c4ccc(C(C(=O)O)C(C)C)cc4)COC3)n2C)c(Cl)c1Cl. The van der Waals surface area contributed by atoms with Crippen molar-refractivity contribution in [1.29, 1.82) is 0 Å². The van der Waals surface area contributed by atoms with Crippen LogP contribution in [0.3, 0.4) is 0 Å². The maximum Gasteiger partial charge on any atom is 0.311 e. The van der Waals surface area contributed by atoms with Crippen LogP contribution in [0.4, 0.5) is 0 Å². The van der Waals surface area contributed by atoms with Crippen molar-refractivity contribution in [2.24, 2.45) is 13.0 Å². The van der Waals surface area contributed by atoms with Gasteiger partial charge in [-0.2, -0.15) is 0 Å². The molecule has 1 aliphatic rings. The fourth-order valence-corrected chi connectivity index (χ4v) is 4.92. The fraction of sp³-hybridized carbons (Fsp3) is 0.360. The van der Waals surface area contributed by atoms with Gasteiger partial charge < -0.3 is 19.7 Å². The lowest BCUT2D eigenvalue weighted by Gasteiger charge is -2.42. The first kappa shape index (κ1) is 23.6. The van der Waals surface area contributed by atoms with E-state index in [4.69, 9.17) is 27.9 Å². The third-order valence-corrected chi connectivity index (χ3v) is 7.42. The average molecular weight is 489 g/mol. The Balaban J connectivity index is 1.64. The molecule has 4 rings (SSSR count). The lowest BCUT2D eigenvalue weighted by Crippen LogP contribution is -2.59. The molecule has 3 aromatic rings. The molecule has 1 aromatic heterocycles. The zero-order chi connectivity index (χ0) is 24.1. The summed E-state index contributed by atoms with van der Waals surface area (Å²) in [6.45, 7) is 6.32. The minimum absolute atomic E-state index is 0.0375. The van der Waals surface area contributed by atoms with Crippen LogP contribution in [0.2, 0.25) is 10.0 Å². The molecule has 0 aliphatic carbocycles. The summed E-state index contributed by atoms with van der Waals surface area (Å²) in [5.74, 6) is -1.73. The number of nitrogens with zero attached hydrogens (tertiary/aromatic N) is 1. The number of hydrogen-bond acceptors (Lipinski definition) is 3. The minimum Gasteiger partial charge on any atom is -0.481 e. The zero-order valence-corrected chi connectivity index (χ0v) is 20.4. The highest BCUT2D eigenvalue weighted by Crippen LogP contribution is 2.36. The summed E-state index contributed by atoms with van der Waals surface area (Å²) >= 11 is 12.7. The summed E-state index contributed by atoms with van der Waals surface area (Å²) in [5.41, 5.74) is 3.05. The number of hydrogen-bond donors (Lipinski definition) is 2. The second-order valence-electron chi connectivity index (χ2n) is 9.05. The number of carboxylic acids is 1. The molecule has 2 aromatic carbocycles. The molecule has 0 saturated carbocycles. The average Bonchev–Trinajstić information content (AvgIpc) is 3.06. The van der Waals surface area contributed by atoms with Gasteiger partial charge in [0.1, 0.15) is 11.2 Å². The van der Waals surface area contributed by atoms with E-state index in [0.29, 0.717) is 29.0 Å². The number of aliphatic carboxylic acids is 1. The molecule has 6 nitrogen and oxygen atoms in total. The minimum atomic E-state index is -0.850. The molecule has 1 saturated heterocycles. The maximum atomic E-state index is 13.3. The number of fused-ring (bicyclic) bond motifs is 1. The van der Waals surface area contributed by atoms with E-state index in [1.165, 1.54) is 0 Å². The van der Waals surface area contributed by atoms with Crippen LogP contribution in [0.1, 0.15) is 46.9 Å². The number of aryl methyl sites for hydroxylation is 2. The molecule has 2 heterocycles. The molecule has 1 aliphatic heterocycles. The third kappa shape index (κ3) is 4.01. The van der Waals surface area contributed by atoms with Crippen LogP contribution in [0.25, 0.3) is 10.9 Å². The van der Waals surface area contributed by atoms with E-state index in [2.05, 4.69) is 5.32 Å². The first-order valence-corrected chi connectivity index (χ1v) is 11.5. The first-order chi connectivity index (χ1) is 15.6. The number of ether oxygens (including phenoxy) is 1. The van der Waals surface area contributed by atoms with E-state index in [1.807, 2.05) is 58.2 Å². The standard InChI is InChI=1S/C25H26Cl2N2O4/c1-13(2)20(24(31)32)15-5-7-16(8-6-15)25(11-33-12-25)28-23(30)19-10-17-18(29(19)4)9-14(3)21(26)22(17)27/h5-10,13,20H,11-12H2,1-4H3,(H,28,30)(H,31,32). The van der Waals surface area contributed by atoms with Crippen molar-refractivity contribution in [2.45, 2.75) is 32.2 Å². The van der Waals surface area contributed by atoms with Gasteiger partial charge in [0.05, 0.1) is 34.7 Å². The summed E-state index contributed by atoms with van der Waals surface area (Å²) in [7, 11) is 1.82. The first-order valence-electron chi connectivity index (χ1n) is 10.7. The molecule has 33 heavy (non-hydrogen) atoms. The van der Waals surface area contributed by atoms with Gasteiger partial charge >= 0.3 is 5.97 Å². The largest absolute Gasteiger partial charge is 0.481 e. The van der Waals surface area contributed by atoms with Gasteiger partial charge in [-0.1, -0.05) is 61.3 Å². The van der Waals surface area contributed by atoms with E-state index in [0.717, 1.165) is 27.6 Å². The van der Waals surface area contributed by atoms with Crippen molar-refractivity contribution in [3.8, 4) is 0 Å². The second kappa shape index (κ2) is 8.67. The molecular formula is C25H26Cl2N2O4. The van der Waals surface area contributed by atoms with Gasteiger partial charge in [0.2, 0.25) is 0 Å². The van der Waals surface area contributed by atoms with Crippen LogP contribution in [-0.2, 0) is 22.1 Å². The van der Waals surface area contributed by atoms with Crippen molar-refractivity contribution in [1.82, 2.24) is 9.88 Å². The van der Waals surface area contributed by atoms with Crippen LogP contribution in [0.5, 0.6) is 0 Å². The number of nitrogens with one attached hydrogen (secondary N) is 1. The topological polar surface area (TPSA) is 80.6 Å². The van der Waals surface area contributed by atoms with Gasteiger partial charge in [0.15, 0.2) is 0 Å². The van der Waals surface area contributed by atoms with Gasteiger partial charge in [-0.3, -0.25) is 9.59 Å². The van der Waals surface area contributed by atoms with Gasteiger partial charge in [0.25, 0.3) is 5.91 Å². The summed E-state index contributed by atoms with van der Waals surface area (Å²) in [4.78, 5) is 25.0. The van der Waals surface area contributed by atoms with Crippen molar-refractivity contribution < 1.29 is 19.4 Å². The molecule has 1 amide bonds. The van der Waals surface area contributed by atoms with Crippen molar-refractivity contribution in [2.75, 3.05) is 13.2 Å². The van der Waals surface area contributed by atoms with Crippen molar-refractivity contribution in [3.63, 3.8) is 0 Å². The highest BCUT2D eigenvalue weighted by Gasteiger charge is 2.42. The molecule has 1 atom stereocenters. The number of amides is 1. The Morgan fingerprint density at radius 3 is 2.27 bits per heavy atom. The van der Waals surface area contributed by atoms with Crippen LogP contribution in [0.15, 0.2) is 36.4 Å². The summed E-state index contributed by atoms with van der Waals surface area (Å²) < 4.78 is 7.27. The zero-order valence-electron chi connectivity index (χ0n) is 18.9. The molecule has 2 N–H and O–H groups in total. The number of aromatic nitrogens is 1. The van der Waals surface area contributed by atoms with E-state index in [-0.39, 0.29) is 11.8 Å². The van der Waals surface area contributed by atoms with Crippen molar-refractivity contribution in [3.05, 3.63) is 68.8 Å². The Bertz CT molecular complexity index is 1240. The molecule has 8 heteroatoms. The second-order valence-corrected chi connectivity index (χ2v) is 9.81. The van der Waals surface area contributed by atoms with E-state index in [9.17, 15) is 14.7 Å². The van der Waals surface area contributed by atoms with Gasteiger partial charge in [0, 0.05) is 12.4 Å². The van der Waals surface area contributed by atoms with Gasteiger partial charge in [-0.25, -0.2) is 0 Å². The number of benzene rings is 2. The molecular weight excluding hydrogens is 463 g/mol. The predicted octanol–water partition coefficient (Wildman–Crippen LogP) is 5.27. The fourth-order valence-electron chi connectivity index (χ4n) is 4.47. The van der Waals surface area contributed by atoms with E-state index in [1.54, 1.807) is 10.6 Å². The lowest BCUT2D eigenvalue weighted by atomic mass is 9.84. The Morgan fingerprint density at radius 1 is 1.12 bits per heavy atom. The van der Waals surface area contributed by atoms with Gasteiger partial charge in [-0.05, 0) is 41.7 Å². The molecule has 1 unspecified atom stereocenters. The van der Waals surface area contributed by atoms with E-state index >= 15 is 0 Å². The number of rotatable bonds is 6. The van der Waals surface area contributed by atoms with Crippen LogP contribution in [0, 0.1) is 12.8 Å². The number of carbonyl (C=O) groups excluding carboxylic acids is 1. The Labute approximate surface area is 202 Å². The van der Waals surface area contributed by atoms with E-state index < -0.39 is 17.4 Å². The molecule has 0 spiro atoms. The molecule has 1 fully saturated rings. The quantitative estimate of drug-likeness (QED) is 0.494. The van der Waals surface area contributed by atoms with Gasteiger partial charge in [-0.15, -0.1) is 0 Å². The lowest BCUT2D eigenvalue weighted by molar-refractivity contribution is -0.139. The Morgan fingerprint density at radius 2 is 1.76 bits per heavy atom. The number of carboxylic acid groups (broad SMARTS) is 1. The summed E-state index contributed by atoms with van der Waals surface area (Å²) in [5, 5.41) is 14.3. The Hall–Kier alpha value is -2.54. The monoisotopic (exact) mass is 488 g/mol. The number of halogens is 2. The molecule has 0 bridgehead atoms. The Kier molecular flexibility index (Phi) is 6.20. The number of carbonyl (C=O) groups is 2. The summed E-state index contributed by atoms with van der Waals surface area (Å²) in [6.07, 6.45) is 0. The highest BCUT2D eigenvalue weighted by molar-refractivity contribution is 6.45.